The summed E-state index contributed by atoms with van der Waals surface area (Å²) >= 11 is 0. The van der Waals surface area contributed by atoms with Crippen LogP contribution in [-0.4, -0.2) is 72.5 Å². The van der Waals surface area contributed by atoms with E-state index < -0.39 is 0 Å². The summed E-state index contributed by atoms with van der Waals surface area (Å²) in [5.74, 6) is -0.923. The molecule has 1 N–H and O–H groups in total. The van der Waals surface area contributed by atoms with E-state index in [4.69, 9.17) is 4.74 Å². The lowest BCUT2D eigenvalue weighted by molar-refractivity contribution is 0.0497. The standard InChI is InChI=1S/C20H27N3O4/c1-12(2)22-8-7-15(10-22)21-18(24)14-5-6-16-17(9-14)20(26)23(19(16)25)13(3)11-27-4/h5-6,9,12-13,15H,7-8,10-11H2,1-4H3,(H,21,24). The Morgan fingerprint density at radius 1 is 1.22 bits per heavy atom. The number of nitrogens with zero attached hydrogens (tertiary/aromatic N) is 2. The average Bonchev–Trinajstić information content (AvgIpc) is 3.18. The van der Waals surface area contributed by atoms with Gasteiger partial charge in [-0.25, -0.2) is 0 Å². The Morgan fingerprint density at radius 3 is 2.56 bits per heavy atom. The van der Waals surface area contributed by atoms with Crippen molar-refractivity contribution in [3.8, 4) is 0 Å². The van der Waals surface area contributed by atoms with Gasteiger partial charge in [-0.3, -0.25) is 24.2 Å². The van der Waals surface area contributed by atoms with Crippen LogP contribution in [0.25, 0.3) is 0 Å². The molecule has 2 aliphatic heterocycles. The maximum absolute atomic E-state index is 12.7. The van der Waals surface area contributed by atoms with E-state index in [1.165, 1.54) is 18.1 Å². The van der Waals surface area contributed by atoms with Gasteiger partial charge < -0.3 is 10.1 Å². The molecule has 0 aromatic heterocycles. The van der Waals surface area contributed by atoms with E-state index in [2.05, 4.69) is 24.1 Å². The molecule has 0 aliphatic carbocycles. The van der Waals surface area contributed by atoms with E-state index in [-0.39, 0.29) is 42.0 Å². The third-order valence-corrected chi connectivity index (χ3v) is 5.31. The molecule has 0 radical (unpaired) electrons. The van der Waals surface area contributed by atoms with Crippen molar-refractivity contribution in [2.75, 3.05) is 26.8 Å². The van der Waals surface area contributed by atoms with Gasteiger partial charge in [0.05, 0.1) is 23.8 Å². The summed E-state index contributed by atoms with van der Waals surface area (Å²) in [5, 5.41) is 3.04. The molecule has 0 bridgehead atoms. The van der Waals surface area contributed by atoms with Crippen molar-refractivity contribution >= 4 is 17.7 Å². The number of likely N-dealkylation sites (tertiary alicyclic amines) is 1. The van der Waals surface area contributed by atoms with Crippen molar-refractivity contribution in [2.24, 2.45) is 0 Å². The van der Waals surface area contributed by atoms with Crippen molar-refractivity contribution in [2.45, 2.75) is 45.3 Å². The second kappa shape index (κ2) is 7.78. The number of nitrogens with one attached hydrogen (secondary N) is 1. The minimum Gasteiger partial charge on any atom is -0.383 e. The molecule has 146 valence electrons. The van der Waals surface area contributed by atoms with Crippen molar-refractivity contribution < 1.29 is 19.1 Å². The maximum atomic E-state index is 12.7. The van der Waals surface area contributed by atoms with Gasteiger partial charge in [-0.2, -0.15) is 0 Å². The van der Waals surface area contributed by atoms with E-state index in [0.717, 1.165) is 19.5 Å². The van der Waals surface area contributed by atoms with Gasteiger partial charge in [-0.05, 0) is 45.4 Å². The molecule has 0 saturated carbocycles. The van der Waals surface area contributed by atoms with Gasteiger partial charge in [-0.1, -0.05) is 0 Å². The first-order chi connectivity index (χ1) is 12.8. The SMILES string of the molecule is COCC(C)N1C(=O)c2ccc(C(=O)NC3CCN(C(C)C)C3)cc2C1=O. The van der Waals surface area contributed by atoms with Crippen LogP contribution in [0.2, 0.25) is 0 Å². The number of amides is 3. The molecule has 1 fully saturated rings. The highest BCUT2D eigenvalue weighted by Gasteiger charge is 2.39. The Kier molecular flexibility index (Phi) is 5.62. The van der Waals surface area contributed by atoms with Gasteiger partial charge in [-0.15, -0.1) is 0 Å². The minimum atomic E-state index is -0.374. The van der Waals surface area contributed by atoms with Gasteiger partial charge in [0.25, 0.3) is 17.7 Å². The predicted octanol–water partition coefficient (Wildman–Crippen LogP) is 1.53. The average molecular weight is 373 g/mol. The van der Waals surface area contributed by atoms with Crippen LogP contribution < -0.4 is 5.32 Å². The molecule has 1 aromatic carbocycles. The minimum absolute atomic E-state index is 0.101. The van der Waals surface area contributed by atoms with Gasteiger partial charge in [0.1, 0.15) is 0 Å². The molecule has 3 amide bonds. The molecule has 1 saturated heterocycles. The van der Waals surface area contributed by atoms with Crippen LogP contribution in [0.3, 0.4) is 0 Å². The molecular formula is C20H27N3O4. The van der Waals surface area contributed by atoms with Gasteiger partial charge in [0.15, 0.2) is 0 Å². The number of carbonyl (C=O) groups excluding carboxylic acids is 3. The van der Waals surface area contributed by atoms with Crippen LogP contribution in [0, 0.1) is 0 Å². The van der Waals surface area contributed by atoms with E-state index in [1.807, 2.05) is 0 Å². The van der Waals surface area contributed by atoms with Crippen LogP contribution in [0.4, 0.5) is 0 Å². The third-order valence-electron chi connectivity index (χ3n) is 5.31. The van der Waals surface area contributed by atoms with Crippen molar-refractivity contribution in [1.82, 2.24) is 15.1 Å². The Bertz CT molecular complexity index is 762. The van der Waals surface area contributed by atoms with E-state index in [0.29, 0.717) is 17.2 Å². The number of ether oxygens (including phenoxy) is 1. The molecule has 2 unspecified atom stereocenters. The zero-order chi connectivity index (χ0) is 19.7. The maximum Gasteiger partial charge on any atom is 0.261 e. The lowest BCUT2D eigenvalue weighted by Gasteiger charge is -2.21. The van der Waals surface area contributed by atoms with Crippen LogP contribution in [0.1, 0.15) is 58.3 Å². The molecule has 1 aromatic rings. The van der Waals surface area contributed by atoms with Crippen LogP contribution in [0.5, 0.6) is 0 Å². The first-order valence-electron chi connectivity index (χ1n) is 9.39. The Hall–Kier alpha value is -2.25. The zero-order valence-electron chi connectivity index (χ0n) is 16.3. The lowest BCUT2D eigenvalue weighted by Crippen LogP contribution is -2.40. The van der Waals surface area contributed by atoms with Crippen LogP contribution in [-0.2, 0) is 4.74 Å². The Labute approximate surface area is 159 Å². The summed E-state index contributed by atoms with van der Waals surface area (Å²) in [6.07, 6.45) is 0.911. The highest BCUT2D eigenvalue weighted by atomic mass is 16.5. The zero-order valence-corrected chi connectivity index (χ0v) is 16.3. The van der Waals surface area contributed by atoms with Crippen molar-refractivity contribution in [3.63, 3.8) is 0 Å². The van der Waals surface area contributed by atoms with E-state index in [1.54, 1.807) is 19.1 Å². The number of benzene rings is 1. The number of methoxy groups -OCH3 is 1. The second-order valence-electron chi connectivity index (χ2n) is 7.59. The molecule has 27 heavy (non-hydrogen) atoms. The molecule has 2 atom stereocenters. The lowest BCUT2D eigenvalue weighted by atomic mass is 10.0. The smallest absolute Gasteiger partial charge is 0.261 e. The number of rotatable bonds is 6. The molecule has 2 heterocycles. The fourth-order valence-corrected chi connectivity index (χ4v) is 3.76. The number of imide groups is 1. The van der Waals surface area contributed by atoms with Crippen LogP contribution >= 0.6 is 0 Å². The second-order valence-corrected chi connectivity index (χ2v) is 7.59. The molecule has 2 aliphatic rings. The fraction of sp³-hybridized carbons (Fsp3) is 0.550. The van der Waals surface area contributed by atoms with Gasteiger partial charge >= 0.3 is 0 Å². The number of fused-ring (bicyclic) bond motifs is 1. The number of hydrogen-bond acceptors (Lipinski definition) is 5. The topological polar surface area (TPSA) is 79.0 Å². The normalized spacial score (nSPS) is 21.1. The number of hydrogen-bond donors (Lipinski definition) is 1. The molecule has 3 rings (SSSR count). The van der Waals surface area contributed by atoms with Gasteiger partial charge in [0, 0.05) is 37.8 Å². The van der Waals surface area contributed by atoms with Crippen molar-refractivity contribution in [1.29, 1.82) is 0 Å². The summed E-state index contributed by atoms with van der Waals surface area (Å²) in [4.78, 5) is 41.3. The number of carbonyl (C=O) groups is 3. The first-order valence-corrected chi connectivity index (χ1v) is 9.39. The summed E-state index contributed by atoms with van der Waals surface area (Å²) in [7, 11) is 1.53. The molecule has 7 nitrogen and oxygen atoms in total. The molecular weight excluding hydrogens is 346 g/mol. The highest BCUT2D eigenvalue weighted by molar-refractivity contribution is 6.22. The summed E-state index contributed by atoms with van der Waals surface area (Å²) < 4.78 is 5.06. The Balaban J connectivity index is 1.73. The van der Waals surface area contributed by atoms with Crippen molar-refractivity contribution in [3.05, 3.63) is 34.9 Å². The Morgan fingerprint density at radius 2 is 1.93 bits per heavy atom. The quantitative estimate of drug-likeness (QED) is 0.765. The molecule has 0 spiro atoms. The van der Waals surface area contributed by atoms with Gasteiger partial charge in [0.2, 0.25) is 0 Å². The predicted molar refractivity (Wildman–Crippen MR) is 101 cm³/mol. The monoisotopic (exact) mass is 373 g/mol. The summed E-state index contributed by atoms with van der Waals surface area (Å²) in [6, 6.07) is 4.90. The summed E-state index contributed by atoms with van der Waals surface area (Å²) in [5.41, 5.74) is 1.02. The fourth-order valence-electron chi connectivity index (χ4n) is 3.76. The highest BCUT2D eigenvalue weighted by Crippen LogP contribution is 2.26. The largest absolute Gasteiger partial charge is 0.383 e. The molecule has 7 heteroatoms. The van der Waals surface area contributed by atoms with E-state index >= 15 is 0 Å². The first kappa shape index (κ1) is 19.5. The summed E-state index contributed by atoms with van der Waals surface area (Å²) in [6.45, 7) is 8.11. The van der Waals surface area contributed by atoms with Crippen LogP contribution in [0.15, 0.2) is 18.2 Å². The van der Waals surface area contributed by atoms with E-state index in [9.17, 15) is 14.4 Å². The third kappa shape index (κ3) is 3.75.